The largest absolute Gasteiger partial charge is 0.493 e. The summed E-state index contributed by atoms with van der Waals surface area (Å²) in [6, 6.07) is 8.38. The number of nitrogens with zero attached hydrogens (tertiary/aromatic N) is 1. The zero-order valence-corrected chi connectivity index (χ0v) is 12.0. The first-order valence-electron chi connectivity index (χ1n) is 7.66. The lowest BCUT2D eigenvalue weighted by molar-refractivity contribution is 0.0374. The quantitative estimate of drug-likeness (QED) is 0.798. The summed E-state index contributed by atoms with van der Waals surface area (Å²) in [5.74, 6) is 1.57. The molecule has 1 atom stereocenters. The van der Waals surface area contributed by atoms with E-state index in [1.807, 2.05) is 6.07 Å². The third-order valence-electron chi connectivity index (χ3n) is 4.12. The maximum absolute atomic E-state index is 5.70. The van der Waals surface area contributed by atoms with Crippen molar-refractivity contribution in [2.24, 2.45) is 0 Å². The fraction of sp³-hybridized carbons (Fsp3) is 0.625. The molecule has 1 unspecified atom stereocenters. The van der Waals surface area contributed by atoms with Crippen LogP contribution in [0.4, 0.5) is 0 Å². The molecule has 0 amide bonds. The van der Waals surface area contributed by atoms with E-state index in [4.69, 9.17) is 9.47 Å². The summed E-state index contributed by atoms with van der Waals surface area (Å²) in [4.78, 5) is 2.49. The summed E-state index contributed by atoms with van der Waals surface area (Å²) < 4.78 is 11.1. The summed E-state index contributed by atoms with van der Waals surface area (Å²) in [5.41, 5.74) is 1.35. The van der Waals surface area contributed by atoms with Crippen molar-refractivity contribution in [3.63, 3.8) is 0 Å². The third-order valence-corrected chi connectivity index (χ3v) is 4.12. The number of hydrogen-bond donors (Lipinski definition) is 1. The highest BCUT2D eigenvalue weighted by Gasteiger charge is 2.22. The van der Waals surface area contributed by atoms with Crippen molar-refractivity contribution < 1.29 is 9.47 Å². The Kier molecular flexibility index (Phi) is 4.90. The first-order valence-corrected chi connectivity index (χ1v) is 7.66. The van der Waals surface area contributed by atoms with Crippen molar-refractivity contribution in [3.8, 4) is 5.75 Å². The summed E-state index contributed by atoms with van der Waals surface area (Å²) in [6.07, 6.45) is 1.20. The van der Waals surface area contributed by atoms with Crippen LogP contribution in [0, 0.1) is 0 Å². The Balaban J connectivity index is 1.32. The molecule has 2 aliphatic heterocycles. The van der Waals surface area contributed by atoms with Crippen LogP contribution in [0.25, 0.3) is 0 Å². The van der Waals surface area contributed by atoms with Crippen LogP contribution in [0.1, 0.15) is 17.9 Å². The molecular weight excluding hydrogens is 252 g/mol. The minimum absolute atomic E-state index is 0.509. The Morgan fingerprint density at radius 1 is 1.20 bits per heavy atom. The molecule has 1 saturated heterocycles. The lowest BCUT2D eigenvalue weighted by atomic mass is 10.0. The molecule has 1 aromatic rings. The van der Waals surface area contributed by atoms with E-state index in [2.05, 4.69) is 28.4 Å². The molecule has 0 spiro atoms. The van der Waals surface area contributed by atoms with Crippen LogP contribution in [0.3, 0.4) is 0 Å². The number of ether oxygens (including phenoxy) is 2. The van der Waals surface area contributed by atoms with Gasteiger partial charge in [-0.1, -0.05) is 18.2 Å². The number of hydrogen-bond acceptors (Lipinski definition) is 4. The highest BCUT2D eigenvalue weighted by Crippen LogP contribution is 2.32. The van der Waals surface area contributed by atoms with Crippen molar-refractivity contribution in [1.29, 1.82) is 0 Å². The maximum atomic E-state index is 5.70. The van der Waals surface area contributed by atoms with E-state index in [1.54, 1.807) is 0 Å². The summed E-state index contributed by atoms with van der Waals surface area (Å²) >= 11 is 0. The number of fused-ring (bicyclic) bond motifs is 1. The zero-order valence-electron chi connectivity index (χ0n) is 12.0. The van der Waals surface area contributed by atoms with Crippen LogP contribution in [0.15, 0.2) is 24.3 Å². The van der Waals surface area contributed by atoms with Gasteiger partial charge in [0.05, 0.1) is 19.8 Å². The van der Waals surface area contributed by atoms with Crippen LogP contribution in [-0.2, 0) is 4.74 Å². The molecule has 2 heterocycles. The van der Waals surface area contributed by atoms with Crippen LogP contribution >= 0.6 is 0 Å². The van der Waals surface area contributed by atoms with Crippen molar-refractivity contribution in [2.45, 2.75) is 12.3 Å². The van der Waals surface area contributed by atoms with Gasteiger partial charge in [0, 0.05) is 31.1 Å². The number of nitrogens with one attached hydrogen (secondary N) is 1. The molecule has 2 aliphatic rings. The second kappa shape index (κ2) is 7.07. The lowest BCUT2D eigenvalue weighted by Crippen LogP contribution is -2.38. The average molecular weight is 276 g/mol. The number of para-hydroxylation sites is 1. The van der Waals surface area contributed by atoms with Gasteiger partial charge in [0.2, 0.25) is 0 Å². The van der Waals surface area contributed by atoms with Gasteiger partial charge in [-0.3, -0.25) is 4.90 Å². The van der Waals surface area contributed by atoms with Gasteiger partial charge < -0.3 is 14.8 Å². The topological polar surface area (TPSA) is 33.7 Å². The van der Waals surface area contributed by atoms with E-state index in [0.717, 1.165) is 51.7 Å². The van der Waals surface area contributed by atoms with Crippen LogP contribution in [0.5, 0.6) is 5.75 Å². The Hall–Kier alpha value is -1.10. The van der Waals surface area contributed by atoms with Gasteiger partial charge in [-0.25, -0.2) is 0 Å². The van der Waals surface area contributed by atoms with E-state index in [9.17, 15) is 0 Å². The third kappa shape index (κ3) is 3.51. The van der Waals surface area contributed by atoms with Gasteiger partial charge in [0.25, 0.3) is 0 Å². The van der Waals surface area contributed by atoms with Crippen molar-refractivity contribution in [2.75, 3.05) is 52.5 Å². The van der Waals surface area contributed by atoms with Gasteiger partial charge in [0.1, 0.15) is 5.75 Å². The molecule has 3 rings (SSSR count). The molecule has 0 bridgehead atoms. The average Bonchev–Trinajstić information content (AvgIpc) is 2.91. The van der Waals surface area contributed by atoms with Gasteiger partial charge in [-0.2, -0.15) is 0 Å². The van der Waals surface area contributed by atoms with E-state index in [-0.39, 0.29) is 0 Å². The van der Waals surface area contributed by atoms with Crippen LogP contribution < -0.4 is 10.1 Å². The highest BCUT2D eigenvalue weighted by molar-refractivity contribution is 5.39. The van der Waals surface area contributed by atoms with Crippen LogP contribution in [0.2, 0.25) is 0 Å². The Labute approximate surface area is 121 Å². The Bertz CT molecular complexity index is 419. The molecule has 0 aromatic heterocycles. The number of morpholine rings is 1. The lowest BCUT2D eigenvalue weighted by Gasteiger charge is -2.26. The van der Waals surface area contributed by atoms with Crippen LogP contribution in [-0.4, -0.2) is 57.4 Å². The highest BCUT2D eigenvalue weighted by atomic mass is 16.5. The molecule has 0 saturated carbocycles. The van der Waals surface area contributed by atoms with Gasteiger partial charge in [-0.15, -0.1) is 0 Å². The maximum Gasteiger partial charge on any atom is 0.122 e. The standard InChI is InChI=1S/C16H24N2O2/c1-2-5-16-15(4-1)14(13-20-16)12-17-6-3-7-18-8-10-19-11-9-18/h1-2,4-5,14,17H,3,6-13H2. The van der Waals surface area contributed by atoms with E-state index in [1.165, 1.54) is 18.5 Å². The molecule has 1 aromatic carbocycles. The molecule has 20 heavy (non-hydrogen) atoms. The van der Waals surface area contributed by atoms with Crippen molar-refractivity contribution in [3.05, 3.63) is 29.8 Å². The fourth-order valence-electron chi connectivity index (χ4n) is 2.93. The van der Waals surface area contributed by atoms with Crippen molar-refractivity contribution >= 4 is 0 Å². The molecule has 0 aliphatic carbocycles. The smallest absolute Gasteiger partial charge is 0.122 e. The van der Waals surface area contributed by atoms with Gasteiger partial charge in [-0.05, 0) is 25.6 Å². The first-order chi connectivity index (χ1) is 9.93. The zero-order chi connectivity index (χ0) is 13.6. The Morgan fingerprint density at radius 3 is 2.95 bits per heavy atom. The molecular formula is C16H24N2O2. The van der Waals surface area contributed by atoms with Gasteiger partial charge in [0.15, 0.2) is 0 Å². The molecule has 0 radical (unpaired) electrons. The second-order valence-corrected chi connectivity index (χ2v) is 5.56. The molecule has 1 N–H and O–H groups in total. The normalized spacial score (nSPS) is 22.5. The van der Waals surface area contributed by atoms with E-state index in [0.29, 0.717) is 5.92 Å². The molecule has 4 nitrogen and oxygen atoms in total. The predicted molar refractivity (Wildman–Crippen MR) is 79.4 cm³/mol. The number of benzene rings is 1. The fourth-order valence-corrected chi connectivity index (χ4v) is 2.93. The van der Waals surface area contributed by atoms with Crippen molar-refractivity contribution in [1.82, 2.24) is 10.2 Å². The molecule has 110 valence electrons. The minimum atomic E-state index is 0.509. The SMILES string of the molecule is c1ccc2c(c1)OCC2CNCCCN1CCOCC1. The first kappa shape index (κ1) is 13.9. The molecule has 1 fully saturated rings. The van der Waals surface area contributed by atoms with Gasteiger partial charge >= 0.3 is 0 Å². The summed E-state index contributed by atoms with van der Waals surface area (Å²) in [7, 11) is 0. The molecule has 4 heteroatoms. The number of rotatable bonds is 6. The Morgan fingerprint density at radius 2 is 2.05 bits per heavy atom. The summed E-state index contributed by atoms with van der Waals surface area (Å²) in [6.45, 7) is 8.04. The summed E-state index contributed by atoms with van der Waals surface area (Å²) in [5, 5.41) is 3.57. The second-order valence-electron chi connectivity index (χ2n) is 5.56. The monoisotopic (exact) mass is 276 g/mol. The van der Waals surface area contributed by atoms with E-state index >= 15 is 0 Å². The van der Waals surface area contributed by atoms with E-state index < -0.39 is 0 Å². The predicted octanol–water partition coefficient (Wildman–Crippen LogP) is 1.47. The minimum Gasteiger partial charge on any atom is -0.493 e.